The first-order chi connectivity index (χ1) is 13.5. The molecule has 0 fully saturated rings. The number of carbonyl (C=O) groups is 1. The van der Waals surface area contributed by atoms with Gasteiger partial charge < -0.3 is 5.11 Å². The van der Waals surface area contributed by atoms with E-state index in [0.717, 1.165) is 17.1 Å². The Labute approximate surface area is 168 Å². The van der Waals surface area contributed by atoms with Gasteiger partial charge in [-0.05, 0) is 42.3 Å². The van der Waals surface area contributed by atoms with Crippen LogP contribution in [0.15, 0.2) is 88.7 Å². The molecule has 0 atom stereocenters. The summed E-state index contributed by atoms with van der Waals surface area (Å²) in [4.78, 5) is 12.5. The van der Waals surface area contributed by atoms with Crippen molar-refractivity contribution in [1.29, 1.82) is 0 Å². The number of carboxylic acids is 1. The lowest BCUT2D eigenvalue weighted by atomic mass is 10.2. The van der Waals surface area contributed by atoms with Gasteiger partial charge in [0, 0.05) is 10.6 Å². The van der Waals surface area contributed by atoms with E-state index in [2.05, 4.69) is 4.72 Å². The summed E-state index contributed by atoms with van der Waals surface area (Å²) in [6.45, 7) is 0. The van der Waals surface area contributed by atoms with Gasteiger partial charge in [-0.2, -0.15) is 0 Å². The van der Waals surface area contributed by atoms with E-state index in [9.17, 15) is 18.3 Å². The fraction of sp³-hybridized carbons (Fsp3) is 0.0952. The molecule has 0 saturated heterocycles. The molecule has 3 aromatic rings. The van der Waals surface area contributed by atoms with Gasteiger partial charge in [-0.3, -0.25) is 4.72 Å². The Morgan fingerprint density at radius 1 is 0.929 bits per heavy atom. The highest BCUT2D eigenvalue weighted by atomic mass is 32.2. The van der Waals surface area contributed by atoms with Crippen LogP contribution >= 0.6 is 11.8 Å². The number of aromatic carboxylic acids is 1. The molecule has 28 heavy (non-hydrogen) atoms. The van der Waals surface area contributed by atoms with Gasteiger partial charge in [-0.1, -0.05) is 48.5 Å². The molecular weight excluding hydrogens is 394 g/mol. The maximum atomic E-state index is 12.5. The molecule has 0 spiro atoms. The van der Waals surface area contributed by atoms with Crippen LogP contribution in [0.5, 0.6) is 0 Å². The Bertz CT molecular complexity index is 1050. The zero-order chi connectivity index (χ0) is 20.0. The van der Waals surface area contributed by atoms with Gasteiger partial charge in [0.1, 0.15) is 0 Å². The lowest BCUT2D eigenvalue weighted by Gasteiger charge is -2.12. The third kappa shape index (κ3) is 5.15. The van der Waals surface area contributed by atoms with Crippen molar-refractivity contribution in [2.75, 3.05) is 10.5 Å². The molecule has 0 aliphatic rings. The van der Waals surface area contributed by atoms with Crippen molar-refractivity contribution in [2.24, 2.45) is 0 Å². The van der Waals surface area contributed by atoms with Crippen molar-refractivity contribution in [2.45, 2.75) is 16.2 Å². The predicted molar refractivity (Wildman–Crippen MR) is 112 cm³/mol. The van der Waals surface area contributed by atoms with E-state index in [-0.39, 0.29) is 16.1 Å². The Hall–Kier alpha value is -2.77. The summed E-state index contributed by atoms with van der Waals surface area (Å²) in [5.41, 5.74) is 1.17. The van der Waals surface area contributed by atoms with Crippen LogP contribution in [0.25, 0.3) is 0 Å². The number of rotatable bonds is 8. The average Bonchev–Trinajstić information content (AvgIpc) is 2.70. The van der Waals surface area contributed by atoms with Gasteiger partial charge in [0.2, 0.25) is 0 Å². The second-order valence-corrected chi connectivity index (χ2v) is 8.87. The summed E-state index contributed by atoms with van der Waals surface area (Å²) in [7, 11) is -3.86. The monoisotopic (exact) mass is 413 g/mol. The summed E-state index contributed by atoms with van der Waals surface area (Å²) in [6.07, 6.45) is 0.857. The zero-order valence-corrected chi connectivity index (χ0v) is 16.5. The molecule has 0 aromatic heterocycles. The standard InChI is InChI=1S/C21H19NO4S2/c23-21(24)19-15-17(27-14-13-16-7-3-1-4-8-16)11-12-20(19)22-28(25,26)18-9-5-2-6-10-18/h1-12,15,22H,13-14H2,(H,23,24). The largest absolute Gasteiger partial charge is 0.478 e. The van der Waals surface area contributed by atoms with Crippen molar-refractivity contribution in [3.63, 3.8) is 0 Å². The summed E-state index contributed by atoms with van der Waals surface area (Å²) in [5.74, 6) is -0.394. The van der Waals surface area contributed by atoms with Crippen LogP contribution in [0.2, 0.25) is 0 Å². The molecule has 0 aliphatic heterocycles. The number of sulfonamides is 1. The quantitative estimate of drug-likeness (QED) is 0.531. The molecule has 0 bridgehead atoms. The van der Waals surface area contributed by atoms with Crippen LogP contribution < -0.4 is 4.72 Å². The minimum Gasteiger partial charge on any atom is -0.478 e. The Balaban J connectivity index is 1.75. The topological polar surface area (TPSA) is 83.5 Å². The highest BCUT2D eigenvalue weighted by Crippen LogP contribution is 2.27. The number of thioether (sulfide) groups is 1. The molecule has 144 valence electrons. The van der Waals surface area contributed by atoms with Crippen molar-refractivity contribution in [1.82, 2.24) is 0 Å². The molecule has 0 amide bonds. The smallest absolute Gasteiger partial charge is 0.337 e. The highest BCUT2D eigenvalue weighted by Gasteiger charge is 2.18. The number of aryl methyl sites for hydroxylation is 1. The van der Waals surface area contributed by atoms with Crippen LogP contribution in [-0.2, 0) is 16.4 Å². The summed E-state index contributed by atoms with van der Waals surface area (Å²) >= 11 is 1.53. The van der Waals surface area contributed by atoms with Crippen LogP contribution in [0, 0.1) is 0 Å². The maximum absolute atomic E-state index is 12.5. The summed E-state index contributed by atoms with van der Waals surface area (Å²) in [6, 6.07) is 22.6. The molecule has 0 saturated carbocycles. The minimum atomic E-state index is -3.86. The number of nitrogens with one attached hydrogen (secondary N) is 1. The normalized spacial score (nSPS) is 11.1. The van der Waals surface area contributed by atoms with Gasteiger partial charge in [0.25, 0.3) is 10.0 Å². The van der Waals surface area contributed by atoms with Crippen molar-refractivity contribution in [3.05, 3.63) is 90.0 Å². The second-order valence-electron chi connectivity index (χ2n) is 6.02. The van der Waals surface area contributed by atoms with Crippen LogP contribution in [0.1, 0.15) is 15.9 Å². The maximum Gasteiger partial charge on any atom is 0.337 e. The fourth-order valence-electron chi connectivity index (χ4n) is 2.61. The van der Waals surface area contributed by atoms with Gasteiger partial charge in [-0.25, -0.2) is 13.2 Å². The molecule has 3 aromatic carbocycles. The highest BCUT2D eigenvalue weighted by molar-refractivity contribution is 7.99. The first-order valence-electron chi connectivity index (χ1n) is 8.58. The van der Waals surface area contributed by atoms with Crippen molar-refractivity contribution in [3.8, 4) is 0 Å². The number of benzene rings is 3. The number of carboxylic acid groups (broad SMARTS) is 1. The van der Waals surface area contributed by atoms with Crippen molar-refractivity contribution >= 4 is 33.4 Å². The zero-order valence-electron chi connectivity index (χ0n) is 14.9. The molecule has 0 unspecified atom stereocenters. The van der Waals surface area contributed by atoms with Gasteiger partial charge in [0.05, 0.1) is 16.1 Å². The number of anilines is 1. The predicted octanol–water partition coefficient (Wildman–Crippen LogP) is 4.52. The molecular formula is C21H19NO4S2. The molecule has 5 nitrogen and oxygen atoms in total. The second kappa shape index (κ2) is 8.95. The van der Waals surface area contributed by atoms with Crippen LogP contribution in [0.3, 0.4) is 0 Å². The van der Waals surface area contributed by atoms with Gasteiger partial charge in [-0.15, -0.1) is 11.8 Å². The van der Waals surface area contributed by atoms with E-state index in [1.54, 1.807) is 24.3 Å². The van der Waals surface area contributed by atoms with Crippen molar-refractivity contribution < 1.29 is 18.3 Å². The van der Waals surface area contributed by atoms with Crippen LogP contribution in [0.4, 0.5) is 5.69 Å². The number of hydrogen-bond acceptors (Lipinski definition) is 4. The Kier molecular flexibility index (Phi) is 6.38. The molecule has 0 heterocycles. The minimum absolute atomic E-state index is 0.0452. The van der Waals surface area contributed by atoms with E-state index in [4.69, 9.17) is 0 Å². The average molecular weight is 414 g/mol. The van der Waals surface area contributed by atoms with Gasteiger partial charge >= 0.3 is 5.97 Å². The molecule has 3 rings (SSSR count). The third-order valence-electron chi connectivity index (χ3n) is 4.02. The van der Waals surface area contributed by atoms with E-state index >= 15 is 0 Å². The first-order valence-corrected chi connectivity index (χ1v) is 11.0. The third-order valence-corrected chi connectivity index (χ3v) is 6.40. The van der Waals surface area contributed by atoms with E-state index in [1.807, 2.05) is 30.3 Å². The van der Waals surface area contributed by atoms with E-state index < -0.39 is 16.0 Å². The Morgan fingerprint density at radius 2 is 1.57 bits per heavy atom. The first kappa shape index (κ1) is 20.0. The van der Waals surface area contributed by atoms with Crippen LogP contribution in [-0.4, -0.2) is 25.2 Å². The SMILES string of the molecule is O=C(O)c1cc(SCCc2ccccc2)ccc1NS(=O)(=O)c1ccccc1. The lowest BCUT2D eigenvalue weighted by Crippen LogP contribution is -2.15. The fourth-order valence-corrected chi connectivity index (χ4v) is 4.65. The van der Waals surface area contributed by atoms with E-state index in [1.165, 1.54) is 41.6 Å². The Morgan fingerprint density at radius 3 is 2.21 bits per heavy atom. The molecule has 7 heteroatoms. The lowest BCUT2D eigenvalue weighted by molar-refractivity contribution is 0.0698. The summed E-state index contributed by atoms with van der Waals surface area (Å²) < 4.78 is 27.3. The number of hydrogen-bond donors (Lipinski definition) is 2. The summed E-state index contributed by atoms with van der Waals surface area (Å²) in [5, 5.41) is 9.52. The van der Waals surface area contributed by atoms with E-state index in [0.29, 0.717) is 0 Å². The van der Waals surface area contributed by atoms with Gasteiger partial charge in [0.15, 0.2) is 0 Å². The molecule has 2 N–H and O–H groups in total. The molecule has 0 radical (unpaired) electrons. The molecule has 0 aliphatic carbocycles.